The molecular formula is C25H16O2S2. The number of esters is 1. The molecule has 4 heteroatoms. The van der Waals surface area contributed by atoms with Crippen LogP contribution in [0.25, 0.3) is 41.1 Å². The molecule has 0 aliphatic rings. The average molecular weight is 413 g/mol. The van der Waals surface area contributed by atoms with Crippen molar-refractivity contribution < 1.29 is 9.53 Å². The van der Waals surface area contributed by atoms with E-state index < -0.39 is 5.97 Å². The Hall–Kier alpha value is -3.21. The topological polar surface area (TPSA) is 26.3 Å². The molecule has 0 N–H and O–H groups in total. The molecular weight excluding hydrogens is 396 g/mol. The Morgan fingerprint density at radius 1 is 0.793 bits per heavy atom. The number of ether oxygens (including phenoxy) is 1. The molecule has 2 nitrogen and oxygen atoms in total. The Morgan fingerprint density at radius 3 is 2.07 bits per heavy atom. The molecule has 0 atom stereocenters. The van der Waals surface area contributed by atoms with Gasteiger partial charge in [0.25, 0.3) is 0 Å². The highest BCUT2D eigenvalue weighted by atomic mass is 32.1. The van der Waals surface area contributed by atoms with Crippen molar-refractivity contribution in [3.8, 4) is 26.6 Å². The van der Waals surface area contributed by atoms with Crippen LogP contribution in [0.1, 0.15) is 0 Å². The van der Waals surface area contributed by atoms with E-state index in [0.717, 1.165) is 16.0 Å². The standard InChI is InChI=1S/C25H16O2S2/c1-2-25(26)27-20-12-11-18(23-14-16-7-3-5-9-21(16)28-23)13-19(20)24-15-17-8-4-6-10-22(17)29-24/h2-15H,1H2. The summed E-state index contributed by atoms with van der Waals surface area (Å²) in [6.07, 6.45) is 1.19. The largest absolute Gasteiger partial charge is 0.423 e. The third-order valence-electron chi connectivity index (χ3n) is 4.76. The van der Waals surface area contributed by atoms with E-state index in [4.69, 9.17) is 4.74 Å². The monoisotopic (exact) mass is 412 g/mol. The van der Waals surface area contributed by atoms with Crippen LogP contribution in [-0.4, -0.2) is 5.97 Å². The van der Waals surface area contributed by atoms with E-state index in [9.17, 15) is 4.79 Å². The van der Waals surface area contributed by atoms with Gasteiger partial charge in [0.1, 0.15) is 5.75 Å². The number of carbonyl (C=O) groups is 1. The number of thiophene rings is 2. The third-order valence-corrected chi connectivity index (χ3v) is 7.07. The molecule has 29 heavy (non-hydrogen) atoms. The van der Waals surface area contributed by atoms with E-state index in [1.807, 2.05) is 24.3 Å². The van der Waals surface area contributed by atoms with Crippen molar-refractivity contribution in [2.75, 3.05) is 0 Å². The highest BCUT2D eigenvalue weighted by Gasteiger charge is 2.15. The molecule has 0 fully saturated rings. The number of rotatable bonds is 4. The van der Waals surface area contributed by atoms with Crippen molar-refractivity contribution in [2.24, 2.45) is 0 Å². The van der Waals surface area contributed by atoms with Gasteiger partial charge in [-0.3, -0.25) is 0 Å². The SMILES string of the molecule is C=CC(=O)Oc1ccc(-c2cc3ccccc3s2)cc1-c1cc2ccccc2s1. The number of hydrogen-bond acceptors (Lipinski definition) is 4. The van der Waals surface area contributed by atoms with Crippen molar-refractivity contribution in [3.05, 3.63) is 91.5 Å². The van der Waals surface area contributed by atoms with Crippen molar-refractivity contribution in [2.45, 2.75) is 0 Å². The van der Waals surface area contributed by atoms with Gasteiger partial charge in [-0.25, -0.2) is 4.79 Å². The molecule has 5 rings (SSSR count). The summed E-state index contributed by atoms with van der Waals surface area (Å²) in [5.74, 6) is 0.0910. The van der Waals surface area contributed by atoms with E-state index in [0.29, 0.717) is 5.75 Å². The maximum atomic E-state index is 11.9. The summed E-state index contributed by atoms with van der Waals surface area (Å²) in [6.45, 7) is 3.51. The zero-order valence-electron chi connectivity index (χ0n) is 15.4. The second-order valence-electron chi connectivity index (χ2n) is 6.63. The summed E-state index contributed by atoms with van der Waals surface area (Å²) >= 11 is 3.46. The van der Waals surface area contributed by atoms with Crippen molar-refractivity contribution in [1.82, 2.24) is 0 Å². The van der Waals surface area contributed by atoms with Crippen LogP contribution in [0.3, 0.4) is 0 Å². The van der Waals surface area contributed by atoms with Gasteiger partial charge in [-0.05, 0) is 58.8 Å². The van der Waals surface area contributed by atoms with E-state index in [2.05, 4.69) is 61.2 Å². The van der Waals surface area contributed by atoms with Gasteiger partial charge in [0.15, 0.2) is 0 Å². The fourth-order valence-electron chi connectivity index (χ4n) is 3.35. The zero-order chi connectivity index (χ0) is 19.8. The summed E-state index contributed by atoms with van der Waals surface area (Å²) in [6, 6.07) is 27.0. The van der Waals surface area contributed by atoms with Crippen LogP contribution in [0.15, 0.2) is 91.5 Å². The fourth-order valence-corrected chi connectivity index (χ4v) is 5.50. The molecule has 0 bridgehead atoms. The summed E-state index contributed by atoms with van der Waals surface area (Å²) in [7, 11) is 0. The molecule has 0 amide bonds. The minimum atomic E-state index is -0.457. The molecule has 0 saturated heterocycles. The van der Waals surface area contributed by atoms with Gasteiger partial charge >= 0.3 is 5.97 Å². The van der Waals surface area contributed by atoms with Crippen LogP contribution >= 0.6 is 22.7 Å². The maximum Gasteiger partial charge on any atom is 0.335 e. The van der Waals surface area contributed by atoms with E-state index >= 15 is 0 Å². The highest BCUT2D eigenvalue weighted by molar-refractivity contribution is 7.22. The second kappa shape index (κ2) is 7.32. The predicted octanol–water partition coefficient (Wildman–Crippen LogP) is 7.54. The van der Waals surface area contributed by atoms with Gasteiger partial charge < -0.3 is 4.74 Å². The zero-order valence-corrected chi connectivity index (χ0v) is 17.1. The average Bonchev–Trinajstić information content (AvgIpc) is 3.38. The lowest BCUT2D eigenvalue weighted by Gasteiger charge is -2.09. The number of hydrogen-bond donors (Lipinski definition) is 0. The molecule has 0 saturated carbocycles. The normalized spacial score (nSPS) is 11.0. The minimum Gasteiger partial charge on any atom is -0.423 e. The molecule has 3 aromatic carbocycles. The lowest BCUT2D eigenvalue weighted by atomic mass is 10.1. The second-order valence-corrected chi connectivity index (χ2v) is 8.80. The van der Waals surface area contributed by atoms with Gasteiger partial charge in [0.05, 0.1) is 0 Å². The number of carbonyl (C=O) groups excluding carboxylic acids is 1. The summed E-state index contributed by atoms with van der Waals surface area (Å²) in [5.41, 5.74) is 2.02. The van der Waals surface area contributed by atoms with Gasteiger partial charge in [0.2, 0.25) is 0 Å². The van der Waals surface area contributed by atoms with E-state index in [-0.39, 0.29) is 0 Å². The lowest BCUT2D eigenvalue weighted by Crippen LogP contribution is -2.04. The molecule has 140 valence electrons. The van der Waals surface area contributed by atoms with Crippen LogP contribution in [-0.2, 0) is 4.79 Å². The van der Waals surface area contributed by atoms with Crippen molar-refractivity contribution in [1.29, 1.82) is 0 Å². The van der Waals surface area contributed by atoms with Gasteiger partial charge in [0, 0.05) is 30.8 Å². The van der Waals surface area contributed by atoms with Crippen LogP contribution in [0.4, 0.5) is 0 Å². The smallest absolute Gasteiger partial charge is 0.335 e. The first kappa shape index (κ1) is 17.9. The Kier molecular flexibility index (Phi) is 4.51. The van der Waals surface area contributed by atoms with Crippen LogP contribution in [0, 0.1) is 0 Å². The first-order valence-corrected chi connectivity index (χ1v) is 10.8. The van der Waals surface area contributed by atoms with Crippen molar-refractivity contribution >= 4 is 48.8 Å². The molecule has 2 aromatic heterocycles. The molecule has 0 unspecified atom stereocenters. The van der Waals surface area contributed by atoms with E-state index in [1.54, 1.807) is 22.7 Å². The summed E-state index contributed by atoms with van der Waals surface area (Å²) < 4.78 is 8.01. The third kappa shape index (κ3) is 3.37. The summed E-state index contributed by atoms with van der Waals surface area (Å²) in [4.78, 5) is 14.1. The molecule has 0 aliphatic heterocycles. The fraction of sp³-hybridized carbons (Fsp3) is 0. The Labute approximate surface area is 176 Å². The van der Waals surface area contributed by atoms with Gasteiger partial charge in [-0.15, -0.1) is 22.7 Å². The van der Waals surface area contributed by atoms with Gasteiger partial charge in [-0.1, -0.05) is 43.0 Å². The molecule has 0 spiro atoms. The predicted molar refractivity (Wildman–Crippen MR) is 124 cm³/mol. The quantitative estimate of drug-likeness (QED) is 0.173. The maximum absolute atomic E-state index is 11.9. The molecule has 0 aliphatic carbocycles. The number of fused-ring (bicyclic) bond motifs is 2. The molecule has 0 radical (unpaired) electrons. The van der Waals surface area contributed by atoms with Crippen LogP contribution in [0.2, 0.25) is 0 Å². The minimum absolute atomic E-state index is 0.457. The van der Waals surface area contributed by atoms with Gasteiger partial charge in [-0.2, -0.15) is 0 Å². The molecule has 2 heterocycles. The number of benzene rings is 3. The first-order valence-electron chi connectivity index (χ1n) is 9.17. The summed E-state index contributed by atoms with van der Waals surface area (Å²) in [5, 5.41) is 2.42. The molecule has 5 aromatic rings. The highest BCUT2D eigenvalue weighted by Crippen LogP contribution is 2.42. The lowest BCUT2D eigenvalue weighted by molar-refractivity contribution is -0.128. The van der Waals surface area contributed by atoms with Crippen molar-refractivity contribution in [3.63, 3.8) is 0 Å². The van der Waals surface area contributed by atoms with E-state index in [1.165, 1.54) is 31.1 Å². The van der Waals surface area contributed by atoms with Crippen LogP contribution < -0.4 is 4.74 Å². The van der Waals surface area contributed by atoms with Crippen LogP contribution in [0.5, 0.6) is 5.75 Å². The Bertz CT molecular complexity index is 1310. The Balaban J connectivity index is 1.67. The first-order chi connectivity index (χ1) is 14.2. The Morgan fingerprint density at radius 2 is 1.41 bits per heavy atom.